The van der Waals surface area contributed by atoms with Gasteiger partial charge in [-0.1, -0.05) is 17.0 Å². The molecule has 0 saturated heterocycles. The summed E-state index contributed by atoms with van der Waals surface area (Å²) in [5.74, 6) is 1.54. The van der Waals surface area contributed by atoms with Gasteiger partial charge >= 0.3 is 5.82 Å². The van der Waals surface area contributed by atoms with Crippen molar-refractivity contribution in [2.45, 2.75) is 44.8 Å². The van der Waals surface area contributed by atoms with Crippen LogP contribution in [0.2, 0.25) is 0 Å². The van der Waals surface area contributed by atoms with E-state index in [0.717, 1.165) is 40.8 Å². The van der Waals surface area contributed by atoms with Gasteiger partial charge in [-0.15, -0.1) is 5.10 Å². The predicted octanol–water partition coefficient (Wildman–Crippen LogP) is 2.29. The Hall–Kier alpha value is -2.82. The van der Waals surface area contributed by atoms with Crippen LogP contribution in [0, 0.1) is 24.0 Å². The van der Waals surface area contributed by atoms with E-state index in [0.29, 0.717) is 18.8 Å². The second-order valence-corrected chi connectivity index (χ2v) is 7.52. The molecule has 148 valence electrons. The number of imidazole rings is 1. The monoisotopic (exact) mass is 402 g/mol. The molecule has 0 aromatic carbocycles. The van der Waals surface area contributed by atoms with Crippen molar-refractivity contribution in [1.82, 2.24) is 34.5 Å². The molecule has 3 aromatic rings. The number of hydrogen-bond acceptors (Lipinski definition) is 8. The van der Waals surface area contributed by atoms with E-state index in [1.165, 1.54) is 10.8 Å². The molecule has 0 aliphatic carbocycles. The fourth-order valence-corrected chi connectivity index (χ4v) is 3.68. The van der Waals surface area contributed by atoms with E-state index < -0.39 is 4.92 Å². The van der Waals surface area contributed by atoms with E-state index in [4.69, 9.17) is 0 Å². The van der Waals surface area contributed by atoms with Crippen molar-refractivity contribution < 1.29 is 4.92 Å². The molecule has 0 radical (unpaired) electrons. The molecule has 0 aliphatic heterocycles. The molecule has 0 unspecified atom stereocenters. The standard InChI is InChI=1S/C17H22N8O2S/c1-12-9-13(2)20-17(19-12)28-8-4-5-14-11-24(22-21-14)7-6-15-18-10-16(23(15)3)25(26)27/h9-11H,4-8H2,1-3H3. The zero-order valence-corrected chi connectivity index (χ0v) is 16.9. The molecule has 3 heterocycles. The van der Waals surface area contributed by atoms with Crippen LogP contribution in [0.15, 0.2) is 23.6 Å². The van der Waals surface area contributed by atoms with Crippen molar-refractivity contribution in [3.63, 3.8) is 0 Å². The molecule has 0 atom stereocenters. The van der Waals surface area contributed by atoms with E-state index in [9.17, 15) is 10.1 Å². The van der Waals surface area contributed by atoms with Gasteiger partial charge in [-0.25, -0.2) is 19.5 Å². The molecule has 0 fully saturated rings. The van der Waals surface area contributed by atoms with Crippen molar-refractivity contribution >= 4 is 17.6 Å². The number of aromatic nitrogens is 7. The van der Waals surface area contributed by atoms with Gasteiger partial charge in [0.25, 0.3) is 0 Å². The third kappa shape index (κ3) is 5.12. The maximum atomic E-state index is 10.9. The smallest absolute Gasteiger partial charge is 0.342 e. The van der Waals surface area contributed by atoms with Crippen molar-refractivity contribution in [3.05, 3.63) is 51.5 Å². The van der Waals surface area contributed by atoms with Gasteiger partial charge in [-0.3, -0.25) is 4.68 Å². The van der Waals surface area contributed by atoms with Crippen molar-refractivity contribution in [2.75, 3.05) is 5.75 Å². The summed E-state index contributed by atoms with van der Waals surface area (Å²) in [6, 6.07) is 1.96. The number of aryl methyl sites for hydroxylation is 5. The second kappa shape index (κ2) is 8.91. The number of hydrogen-bond donors (Lipinski definition) is 0. The first-order valence-corrected chi connectivity index (χ1v) is 9.90. The highest BCUT2D eigenvalue weighted by Gasteiger charge is 2.16. The average molecular weight is 402 g/mol. The summed E-state index contributed by atoms with van der Waals surface area (Å²) in [6.07, 6.45) is 5.51. The lowest BCUT2D eigenvalue weighted by atomic mass is 10.3. The minimum absolute atomic E-state index is 0.0143. The molecule has 0 aliphatic rings. The molecule has 10 nitrogen and oxygen atoms in total. The highest BCUT2D eigenvalue weighted by Crippen LogP contribution is 2.16. The third-order valence-electron chi connectivity index (χ3n) is 4.17. The molecular weight excluding hydrogens is 380 g/mol. The Morgan fingerprint density at radius 3 is 2.64 bits per heavy atom. The Kier molecular flexibility index (Phi) is 6.34. The molecular formula is C17H22N8O2S. The van der Waals surface area contributed by atoms with Gasteiger partial charge in [0.05, 0.1) is 19.3 Å². The lowest BCUT2D eigenvalue weighted by Gasteiger charge is -2.02. The van der Waals surface area contributed by atoms with E-state index in [1.54, 1.807) is 23.5 Å². The predicted molar refractivity (Wildman–Crippen MR) is 104 cm³/mol. The summed E-state index contributed by atoms with van der Waals surface area (Å²) in [5.41, 5.74) is 2.89. The fourth-order valence-electron chi connectivity index (χ4n) is 2.79. The van der Waals surface area contributed by atoms with Crippen LogP contribution in [0.25, 0.3) is 0 Å². The summed E-state index contributed by atoms with van der Waals surface area (Å²) < 4.78 is 3.24. The van der Waals surface area contributed by atoms with Crippen LogP contribution in [-0.4, -0.2) is 45.2 Å². The summed E-state index contributed by atoms with van der Waals surface area (Å²) in [6.45, 7) is 4.51. The van der Waals surface area contributed by atoms with Crippen LogP contribution in [0.3, 0.4) is 0 Å². The Balaban J connectivity index is 1.44. The van der Waals surface area contributed by atoms with E-state index >= 15 is 0 Å². The van der Waals surface area contributed by atoms with Crippen molar-refractivity contribution in [2.24, 2.45) is 7.05 Å². The lowest BCUT2D eigenvalue weighted by molar-refractivity contribution is -0.391. The van der Waals surface area contributed by atoms with Crippen LogP contribution in [-0.2, 0) is 26.4 Å². The molecule has 0 spiro atoms. The molecule has 28 heavy (non-hydrogen) atoms. The maximum absolute atomic E-state index is 10.9. The van der Waals surface area contributed by atoms with Crippen LogP contribution in [0.1, 0.15) is 29.3 Å². The van der Waals surface area contributed by atoms with Crippen LogP contribution >= 0.6 is 11.8 Å². The van der Waals surface area contributed by atoms with Crippen LogP contribution < -0.4 is 0 Å². The van der Waals surface area contributed by atoms with E-state index in [1.807, 2.05) is 26.1 Å². The highest BCUT2D eigenvalue weighted by molar-refractivity contribution is 7.99. The van der Waals surface area contributed by atoms with E-state index in [-0.39, 0.29) is 5.82 Å². The van der Waals surface area contributed by atoms with Gasteiger partial charge in [-0.05, 0) is 37.7 Å². The van der Waals surface area contributed by atoms with Crippen LogP contribution in [0.4, 0.5) is 5.82 Å². The Labute approximate surface area is 166 Å². The number of thioether (sulfide) groups is 1. The molecule has 0 bridgehead atoms. The highest BCUT2D eigenvalue weighted by atomic mass is 32.2. The normalized spacial score (nSPS) is 11.1. The molecule has 11 heteroatoms. The molecule has 3 rings (SSSR count). The summed E-state index contributed by atoms with van der Waals surface area (Å²) in [4.78, 5) is 23.4. The summed E-state index contributed by atoms with van der Waals surface area (Å²) in [5, 5.41) is 20.0. The first kappa shape index (κ1) is 19.9. The quantitative estimate of drug-likeness (QED) is 0.176. The molecule has 0 amide bonds. The SMILES string of the molecule is Cc1cc(C)nc(SCCCc2cn(CCc3ncc([N+](=O)[O-])n3C)nn2)n1. The fraction of sp³-hybridized carbons (Fsp3) is 0.471. The van der Waals surface area contributed by atoms with E-state index in [2.05, 4.69) is 25.3 Å². The van der Waals surface area contributed by atoms with Gasteiger partial charge in [0.15, 0.2) is 11.0 Å². The Morgan fingerprint density at radius 1 is 1.21 bits per heavy atom. The first-order chi connectivity index (χ1) is 13.4. The summed E-state index contributed by atoms with van der Waals surface area (Å²) in [7, 11) is 1.64. The number of nitro groups is 1. The first-order valence-electron chi connectivity index (χ1n) is 8.91. The average Bonchev–Trinajstić information content (AvgIpc) is 3.22. The molecule has 3 aromatic heterocycles. The summed E-state index contributed by atoms with van der Waals surface area (Å²) >= 11 is 1.65. The maximum Gasteiger partial charge on any atom is 0.342 e. The minimum Gasteiger partial charge on any atom is -0.358 e. The second-order valence-electron chi connectivity index (χ2n) is 6.46. The van der Waals surface area contributed by atoms with Gasteiger partial charge in [0.2, 0.25) is 0 Å². The zero-order valence-electron chi connectivity index (χ0n) is 16.1. The Bertz CT molecular complexity index is 948. The zero-order chi connectivity index (χ0) is 20.1. The number of rotatable bonds is 9. The van der Waals surface area contributed by atoms with Gasteiger partial charge in [-0.2, -0.15) is 0 Å². The van der Waals surface area contributed by atoms with Crippen LogP contribution in [0.5, 0.6) is 0 Å². The lowest BCUT2D eigenvalue weighted by Crippen LogP contribution is -2.07. The van der Waals surface area contributed by atoms with Gasteiger partial charge in [0, 0.05) is 29.8 Å². The molecule has 0 N–H and O–H groups in total. The van der Waals surface area contributed by atoms with Gasteiger partial charge < -0.3 is 10.1 Å². The topological polar surface area (TPSA) is 117 Å². The molecule has 0 saturated carbocycles. The number of nitrogens with zero attached hydrogens (tertiary/aromatic N) is 8. The van der Waals surface area contributed by atoms with Gasteiger partial charge in [0.1, 0.15) is 6.20 Å². The minimum atomic E-state index is -0.439. The largest absolute Gasteiger partial charge is 0.358 e. The van der Waals surface area contributed by atoms with Crippen molar-refractivity contribution in [1.29, 1.82) is 0 Å². The third-order valence-corrected chi connectivity index (χ3v) is 5.10. The van der Waals surface area contributed by atoms with Crippen molar-refractivity contribution in [3.8, 4) is 0 Å². The Morgan fingerprint density at radius 2 is 1.96 bits per heavy atom.